The molecule has 9 heteroatoms. The van der Waals surface area contributed by atoms with Crippen LogP contribution in [0.2, 0.25) is 0 Å². The number of rotatable bonds is 9. The van der Waals surface area contributed by atoms with Crippen LogP contribution in [0.25, 0.3) is 42.1 Å². The number of carbonyl (C=O) groups is 2. The summed E-state index contributed by atoms with van der Waals surface area (Å²) < 4.78 is 20.3. The predicted molar refractivity (Wildman–Crippen MR) is 177 cm³/mol. The quantitative estimate of drug-likeness (QED) is 0.150. The third-order valence-electron chi connectivity index (χ3n) is 7.14. The number of benzene rings is 5. The van der Waals surface area contributed by atoms with Gasteiger partial charge in [-0.05, 0) is 72.1 Å². The van der Waals surface area contributed by atoms with Gasteiger partial charge < -0.3 is 19.3 Å². The van der Waals surface area contributed by atoms with Gasteiger partial charge in [-0.15, -0.1) is 11.3 Å². The van der Waals surface area contributed by atoms with Crippen LogP contribution in [-0.2, 0) is 20.7 Å². The van der Waals surface area contributed by atoms with Gasteiger partial charge in [-0.3, -0.25) is 0 Å². The zero-order chi connectivity index (χ0) is 30.1. The van der Waals surface area contributed by atoms with Crippen molar-refractivity contribution in [1.29, 1.82) is 0 Å². The van der Waals surface area contributed by atoms with Gasteiger partial charge in [-0.1, -0.05) is 72.8 Å². The summed E-state index contributed by atoms with van der Waals surface area (Å²) >= 11 is 8.94. The highest BCUT2D eigenvalue weighted by Crippen LogP contribution is 2.51. The maximum atomic E-state index is 12.2. The molecule has 1 aromatic heterocycles. The molecule has 6 rings (SSSR count). The number of aliphatic carboxylic acids is 1. The highest BCUT2D eigenvalue weighted by molar-refractivity contribution is 9.11. The molecule has 0 aliphatic heterocycles. The second kappa shape index (κ2) is 12.4. The molecule has 1 atom stereocenters. The summed E-state index contributed by atoms with van der Waals surface area (Å²) in [5.41, 5.74) is 2.75. The minimum Gasteiger partial charge on any atom is -0.480 e. The number of fused-ring (bicyclic) bond motifs is 4. The van der Waals surface area contributed by atoms with Crippen molar-refractivity contribution < 1.29 is 28.9 Å². The Morgan fingerprint density at radius 2 is 1.47 bits per heavy atom. The molecule has 6 aromatic rings. The van der Waals surface area contributed by atoms with E-state index >= 15 is 0 Å². The Morgan fingerprint density at radius 1 is 0.837 bits per heavy atom. The van der Waals surface area contributed by atoms with Crippen LogP contribution in [0.5, 0.6) is 11.5 Å². The molecule has 216 valence electrons. The number of esters is 1. The van der Waals surface area contributed by atoms with Gasteiger partial charge in [0.05, 0.1) is 20.8 Å². The molecule has 0 unspecified atom stereocenters. The lowest BCUT2D eigenvalue weighted by Crippen LogP contribution is -2.29. The Morgan fingerprint density at radius 3 is 2.14 bits per heavy atom. The average molecular weight is 720 g/mol. The van der Waals surface area contributed by atoms with E-state index in [-0.39, 0.29) is 13.0 Å². The summed E-state index contributed by atoms with van der Waals surface area (Å²) in [4.78, 5) is 24.2. The van der Waals surface area contributed by atoms with Crippen molar-refractivity contribution in [3.63, 3.8) is 0 Å². The van der Waals surface area contributed by atoms with Gasteiger partial charge >= 0.3 is 11.9 Å². The standard InChI is InChI=1S/C34H24Br2O6S/c1-40-28(37)18-41-31-22-12-6-5-11-21(22)29(30-23-13-7-8-14-27(23)43-33(30)31)20-16-24(35)32(25(36)17-20)42-26(34(38)39)15-19-9-3-2-4-10-19/h2-14,16-17,26H,15,18H2,1H3,(H,38,39)/t26-/m1/s1. The number of methoxy groups -OCH3 is 1. The summed E-state index contributed by atoms with van der Waals surface area (Å²) in [6, 6.07) is 29.4. The van der Waals surface area contributed by atoms with E-state index in [1.807, 2.05) is 78.9 Å². The number of carboxylic acids is 1. The summed E-state index contributed by atoms with van der Waals surface area (Å²) in [6.45, 7) is -0.208. The van der Waals surface area contributed by atoms with Gasteiger partial charge in [-0.25, -0.2) is 9.59 Å². The van der Waals surface area contributed by atoms with Crippen LogP contribution in [0, 0.1) is 0 Å². The smallest absolute Gasteiger partial charge is 0.345 e. The van der Waals surface area contributed by atoms with Gasteiger partial charge in [0.1, 0.15) is 11.5 Å². The second-order valence-electron chi connectivity index (χ2n) is 9.82. The summed E-state index contributed by atoms with van der Waals surface area (Å²) in [6.07, 6.45) is -0.865. The van der Waals surface area contributed by atoms with Crippen LogP contribution in [0.4, 0.5) is 0 Å². The van der Waals surface area contributed by atoms with Crippen LogP contribution in [-0.4, -0.2) is 36.9 Å². The summed E-state index contributed by atoms with van der Waals surface area (Å²) in [5, 5.41) is 13.8. The minimum absolute atomic E-state index is 0.208. The van der Waals surface area contributed by atoms with E-state index in [0.29, 0.717) is 20.4 Å². The SMILES string of the molecule is COC(=O)COc1c2ccccc2c(-c2cc(Br)c(O[C@H](Cc3ccccc3)C(=O)O)c(Br)c2)c2c1sc1ccccc12. The number of carbonyl (C=O) groups excluding carboxylic acids is 1. The fraction of sp³-hybridized carbons (Fsp3) is 0.118. The van der Waals surface area contributed by atoms with Gasteiger partial charge in [0.15, 0.2) is 12.7 Å². The van der Waals surface area contributed by atoms with Crippen molar-refractivity contribution >= 4 is 86.1 Å². The van der Waals surface area contributed by atoms with E-state index in [0.717, 1.165) is 47.6 Å². The Hall–Kier alpha value is -3.92. The molecule has 0 radical (unpaired) electrons. The molecule has 0 fully saturated rings. The first-order valence-corrected chi connectivity index (χ1v) is 15.7. The molecule has 0 saturated heterocycles. The molecule has 6 nitrogen and oxygen atoms in total. The highest BCUT2D eigenvalue weighted by Gasteiger charge is 2.25. The summed E-state index contributed by atoms with van der Waals surface area (Å²) in [7, 11) is 1.34. The van der Waals surface area contributed by atoms with Crippen molar-refractivity contribution in [3.05, 3.63) is 106 Å². The molecule has 5 aromatic carbocycles. The molecular formula is C34H24Br2O6S. The zero-order valence-electron chi connectivity index (χ0n) is 22.8. The molecule has 0 aliphatic carbocycles. The van der Waals surface area contributed by atoms with Crippen molar-refractivity contribution in [1.82, 2.24) is 0 Å². The van der Waals surface area contributed by atoms with Gasteiger partial charge in [-0.2, -0.15) is 0 Å². The third-order valence-corrected chi connectivity index (χ3v) is 9.49. The van der Waals surface area contributed by atoms with Gasteiger partial charge in [0, 0.05) is 27.3 Å². The molecule has 0 amide bonds. The Labute approximate surface area is 268 Å². The molecule has 1 heterocycles. The molecule has 0 spiro atoms. The Kier molecular flexibility index (Phi) is 8.38. The Balaban J connectivity index is 1.52. The number of thiophene rings is 1. The molecule has 0 saturated carbocycles. The third kappa shape index (κ3) is 5.72. The minimum atomic E-state index is -1.08. The van der Waals surface area contributed by atoms with Crippen LogP contribution in [0.1, 0.15) is 5.56 Å². The maximum absolute atomic E-state index is 12.2. The van der Waals surface area contributed by atoms with E-state index in [1.165, 1.54) is 7.11 Å². The average Bonchev–Trinajstić information content (AvgIpc) is 3.39. The van der Waals surface area contributed by atoms with Crippen LogP contribution in [0.3, 0.4) is 0 Å². The topological polar surface area (TPSA) is 82.1 Å². The maximum Gasteiger partial charge on any atom is 0.345 e. The number of hydrogen-bond acceptors (Lipinski definition) is 6. The van der Waals surface area contributed by atoms with Crippen LogP contribution < -0.4 is 9.47 Å². The van der Waals surface area contributed by atoms with E-state index in [1.54, 1.807) is 11.3 Å². The van der Waals surface area contributed by atoms with Crippen LogP contribution >= 0.6 is 43.2 Å². The highest BCUT2D eigenvalue weighted by atomic mass is 79.9. The Bertz CT molecular complexity index is 1980. The lowest BCUT2D eigenvalue weighted by Gasteiger charge is -2.20. The van der Waals surface area contributed by atoms with E-state index in [4.69, 9.17) is 14.2 Å². The monoisotopic (exact) mass is 718 g/mol. The van der Waals surface area contributed by atoms with Crippen molar-refractivity contribution in [2.75, 3.05) is 13.7 Å². The summed E-state index contributed by atoms with van der Waals surface area (Å²) in [5.74, 6) is -0.477. The number of carboxylic acid groups (broad SMARTS) is 1. The molecule has 0 aliphatic rings. The molecule has 43 heavy (non-hydrogen) atoms. The van der Waals surface area contributed by atoms with Gasteiger partial charge in [0.25, 0.3) is 0 Å². The largest absolute Gasteiger partial charge is 0.480 e. The number of hydrogen-bond donors (Lipinski definition) is 1. The first-order chi connectivity index (χ1) is 20.9. The number of halogens is 2. The van der Waals surface area contributed by atoms with Gasteiger partial charge in [0.2, 0.25) is 0 Å². The first kappa shape index (κ1) is 29.2. The number of ether oxygens (including phenoxy) is 3. The second-order valence-corrected chi connectivity index (χ2v) is 12.6. The van der Waals surface area contributed by atoms with Crippen molar-refractivity contribution in [2.24, 2.45) is 0 Å². The van der Waals surface area contributed by atoms with Crippen LogP contribution in [0.15, 0.2) is 99.9 Å². The zero-order valence-corrected chi connectivity index (χ0v) is 26.8. The van der Waals surface area contributed by atoms with E-state index < -0.39 is 18.0 Å². The van der Waals surface area contributed by atoms with E-state index in [9.17, 15) is 14.7 Å². The normalized spacial score (nSPS) is 12.0. The lowest BCUT2D eigenvalue weighted by atomic mass is 9.92. The molecular weight excluding hydrogens is 696 g/mol. The predicted octanol–water partition coefficient (Wildman–Crippen LogP) is 9.03. The fourth-order valence-corrected chi connectivity index (χ4v) is 7.81. The van der Waals surface area contributed by atoms with E-state index in [2.05, 4.69) is 44.0 Å². The fourth-order valence-electron chi connectivity index (χ4n) is 5.21. The molecule has 1 N–H and O–H groups in total. The van der Waals surface area contributed by atoms with Crippen molar-refractivity contribution in [2.45, 2.75) is 12.5 Å². The van der Waals surface area contributed by atoms with Crippen molar-refractivity contribution in [3.8, 4) is 22.6 Å². The first-order valence-electron chi connectivity index (χ1n) is 13.3. The molecule has 0 bridgehead atoms. The lowest BCUT2D eigenvalue weighted by molar-refractivity contribution is -0.145.